The van der Waals surface area contributed by atoms with E-state index < -0.39 is 5.60 Å². The first kappa shape index (κ1) is 11.4. The number of aliphatic hydroxyl groups is 1. The van der Waals surface area contributed by atoms with Crippen molar-refractivity contribution in [2.75, 3.05) is 0 Å². The second-order valence-corrected chi connectivity index (χ2v) is 3.51. The minimum atomic E-state index is -0.658. The van der Waals surface area contributed by atoms with Crippen LogP contribution in [-0.2, 0) is 0 Å². The molecule has 0 radical (unpaired) electrons. The van der Waals surface area contributed by atoms with Crippen LogP contribution in [0.15, 0.2) is 24.3 Å². The summed E-state index contributed by atoms with van der Waals surface area (Å²) in [6, 6.07) is 0. The van der Waals surface area contributed by atoms with E-state index in [-0.39, 0.29) is 0 Å². The lowest BCUT2D eigenvalue weighted by Gasteiger charge is -2.09. The molecule has 0 aromatic rings. The summed E-state index contributed by atoms with van der Waals surface area (Å²) in [7, 11) is 0. The van der Waals surface area contributed by atoms with E-state index in [1.54, 1.807) is 13.8 Å². The maximum Gasteiger partial charge on any atom is 0.0771 e. The first-order chi connectivity index (χ1) is 5.56. The van der Waals surface area contributed by atoms with Gasteiger partial charge in [-0.2, -0.15) is 0 Å². The zero-order valence-electron chi connectivity index (χ0n) is 8.38. The molecule has 0 bridgehead atoms. The van der Waals surface area contributed by atoms with Gasteiger partial charge in [0.05, 0.1) is 5.60 Å². The van der Waals surface area contributed by atoms with Crippen molar-refractivity contribution in [2.45, 2.75) is 45.6 Å². The molecule has 0 fully saturated rings. The minimum absolute atomic E-state index is 0.658. The van der Waals surface area contributed by atoms with E-state index >= 15 is 0 Å². The van der Waals surface area contributed by atoms with Crippen LogP contribution in [0.25, 0.3) is 0 Å². The lowest BCUT2D eigenvalue weighted by Crippen LogP contribution is -2.13. The third-order valence-electron chi connectivity index (χ3n) is 1.43. The first-order valence-corrected chi connectivity index (χ1v) is 4.61. The van der Waals surface area contributed by atoms with Gasteiger partial charge in [0.25, 0.3) is 0 Å². The van der Waals surface area contributed by atoms with Gasteiger partial charge in [-0.1, -0.05) is 31.2 Å². The highest BCUT2D eigenvalue weighted by Crippen LogP contribution is 2.04. The van der Waals surface area contributed by atoms with E-state index in [1.165, 1.54) is 0 Å². The zero-order chi connectivity index (χ0) is 9.45. The summed E-state index contributed by atoms with van der Waals surface area (Å²) in [6.07, 6.45) is 11.4. The molecule has 0 aliphatic rings. The predicted molar refractivity (Wildman–Crippen MR) is 54.1 cm³/mol. The lowest BCUT2D eigenvalue weighted by atomic mass is 10.1. The van der Waals surface area contributed by atoms with Crippen molar-refractivity contribution in [2.24, 2.45) is 0 Å². The number of allylic oxidation sites excluding steroid dienone is 3. The van der Waals surface area contributed by atoms with Gasteiger partial charge in [-0.05, 0) is 33.1 Å². The van der Waals surface area contributed by atoms with Gasteiger partial charge >= 0.3 is 0 Å². The van der Waals surface area contributed by atoms with E-state index in [0.29, 0.717) is 0 Å². The van der Waals surface area contributed by atoms with E-state index in [1.807, 2.05) is 12.2 Å². The molecule has 0 unspecified atom stereocenters. The number of rotatable bonds is 5. The van der Waals surface area contributed by atoms with Crippen molar-refractivity contribution in [1.82, 2.24) is 0 Å². The molecule has 1 N–H and O–H groups in total. The number of hydrogen-bond acceptors (Lipinski definition) is 1. The molecule has 0 aliphatic heterocycles. The van der Waals surface area contributed by atoms with E-state index in [0.717, 1.165) is 19.3 Å². The van der Waals surface area contributed by atoms with Crippen LogP contribution in [0, 0.1) is 0 Å². The number of unbranched alkanes of at least 4 members (excludes halogenated alkanes) is 1. The Morgan fingerprint density at radius 2 is 1.67 bits per heavy atom. The molecule has 0 saturated heterocycles. The topological polar surface area (TPSA) is 20.2 Å². The minimum Gasteiger partial charge on any atom is -0.386 e. The summed E-state index contributed by atoms with van der Waals surface area (Å²) < 4.78 is 0. The van der Waals surface area contributed by atoms with Crippen molar-refractivity contribution >= 4 is 0 Å². The maximum absolute atomic E-state index is 9.32. The first-order valence-electron chi connectivity index (χ1n) is 4.61. The van der Waals surface area contributed by atoms with Gasteiger partial charge in [-0.3, -0.25) is 0 Å². The monoisotopic (exact) mass is 168 g/mol. The summed E-state index contributed by atoms with van der Waals surface area (Å²) in [6.45, 7) is 5.69. The fourth-order valence-corrected chi connectivity index (χ4v) is 0.849. The molecule has 0 atom stereocenters. The highest BCUT2D eigenvalue weighted by Gasteiger charge is 2.04. The van der Waals surface area contributed by atoms with E-state index in [9.17, 15) is 5.11 Å². The third-order valence-corrected chi connectivity index (χ3v) is 1.43. The molecular formula is C11H20O. The van der Waals surface area contributed by atoms with E-state index in [2.05, 4.69) is 19.1 Å². The van der Waals surface area contributed by atoms with Crippen LogP contribution >= 0.6 is 0 Å². The van der Waals surface area contributed by atoms with Crippen LogP contribution in [0.3, 0.4) is 0 Å². The third kappa shape index (κ3) is 9.44. The maximum atomic E-state index is 9.32. The Morgan fingerprint density at radius 1 is 1.08 bits per heavy atom. The van der Waals surface area contributed by atoms with Gasteiger partial charge < -0.3 is 5.11 Å². The Bertz CT molecular complexity index is 149. The number of hydrogen-bond donors (Lipinski definition) is 1. The fraction of sp³-hybridized carbons (Fsp3) is 0.636. The van der Waals surface area contributed by atoms with Crippen LogP contribution in [0.5, 0.6) is 0 Å². The zero-order valence-corrected chi connectivity index (χ0v) is 8.38. The Morgan fingerprint density at radius 3 is 2.17 bits per heavy atom. The molecule has 0 amide bonds. The average molecular weight is 168 g/mol. The van der Waals surface area contributed by atoms with Gasteiger partial charge in [0.2, 0.25) is 0 Å². The van der Waals surface area contributed by atoms with Crippen molar-refractivity contribution < 1.29 is 5.11 Å². The fourth-order valence-electron chi connectivity index (χ4n) is 0.849. The lowest BCUT2D eigenvalue weighted by molar-refractivity contribution is 0.133. The normalized spacial score (nSPS) is 13.3. The van der Waals surface area contributed by atoms with E-state index in [4.69, 9.17) is 0 Å². The highest BCUT2D eigenvalue weighted by molar-refractivity contribution is 4.96. The average Bonchev–Trinajstić information content (AvgIpc) is 1.94. The van der Waals surface area contributed by atoms with Crippen molar-refractivity contribution in [3.63, 3.8) is 0 Å². The quantitative estimate of drug-likeness (QED) is 0.494. The van der Waals surface area contributed by atoms with Crippen molar-refractivity contribution in [3.05, 3.63) is 24.3 Å². The molecule has 0 aromatic heterocycles. The van der Waals surface area contributed by atoms with Crippen LogP contribution in [0.2, 0.25) is 0 Å². The molecule has 1 nitrogen and oxygen atoms in total. The molecule has 0 heterocycles. The van der Waals surface area contributed by atoms with Gasteiger partial charge in [0, 0.05) is 0 Å². The van der Waals surface area contributed by atoms with Gasteiger partial charge in [0.1, 0.15) is 0 Å². The van der Waals surface area contributed by atoms with Crippen LogP contribution in [-0.4, -0.2) is 10.7 Å². The van der Waals surface area contributed by atoms with Crippen molar-refractivity contribution in [1.29, 1.82) is 0 Å². The summed E-state index contributed by atoms with van der Waals surface area (Å²) in [4.78, 5) is 0. The molecule has 70 valence electrons. The molecule has 0 saturated carbocycles. The van der Waals surface area contributed by atoms with Crippen LogP contribution in [0.4, 0.5) is 0 Å². The second-order valence-electron chi connectivity index (χ2n) is 3.51. The Labute approximate surface area is 75.8 Å². The van der Waals surface area contributed by atoms with Gasteiger partial charge in [-0.25, -0.2) is 0 Å². The molecule has 0 aromatic carbocycles. The molecule has 0 spiro atoms. The Kier molecular flexibility index (Phi) is 5.73. The Balaban J connectivity index is 3.43. The summed E-state index contributed by atoms with van der Waals surface area (Å²) in [5, 5.41) is 9.32. The molecule has 1 heteroatoms. The molecule has 12 heavy (non-hydrogen) atoms. The summed E-state index contributed by atoms with van der Waals surface area (Å²) in [5.74, 6) is 0. The molecule has 0 rings (SSSR count). The second kappa shape index (κ2) is 6.01. The summed E-state index contributed by atoms with van der Waals surface area (Å²) in [5.41, 5.74) is -0.658. The smallest absolute Gasteiger partial charge is 0.0771 e. The van der Waals surface area contributed by atoms with Gasteiger partial charge in [-0.15, -0.1) is 0 Å². The SMILES string of the molecule is CC/C=C/CC/C=C/C(C)(C)O. The largest absolute Gasteiger partial charge is 0.386 e. The standard InChI is InChI=1S/C11H20O/c1-4-5-6-7-8-9-10-11(2,3)12/h5-6,9-10,12H,4,7-8H2,1-3H3/b6-5+,10-9+. The van der Waals surface area contributed by atoms with Crippen LogP contribution in [0.1, 0.15) is 40.0 Å². The van der Waals surface area contributed by atoms with Crippen LogP contribution < -0.4 is 0 Å². The Hall–Kier alpha value is -0.560. The van der Waals surface area contributed by atoms with Crippen molar-refractivity contribution in [3.8, 4) is 0 Å². The summed E-state index contributed by atoms with van der Waals surface area (Å²) >= 11 is 0. The molecule has 0 aliphatic carbocycles. The highest BCUT2D eigenvalue weighted by atomic mass is 16.3. The van der Waals surface area contributed by atoms with Gasteiger partial charge in [0.15, 0.2) is 0 Å². The molecular weight excluding hydrogens is 148 g/mol. The predicted octanol–water partition coefficient (Wildman–Crippen LogP) is 3.06.